The minimum atomic E-state index is -0.944. The molecule has 0 amide bonds. The van der Waals surface area contributed by atoms with E-state index in [1.807, 2.05) is 0 Å². The van der Waals surface area contributed by atoms with Gasteiger partial charge < -0.3 is 0 Å². The SMILES string of the molecule is CC(=O)C(C1CCCCC1)[N+](=O)[O-]. The number of hydrogen-bond donors (Lipinski definition) is 0. The van der Waals surface area contributed by atoms with Crippen LogP contribution in [-0.4, -0.2) is 16.7 Å². The number of Topliss-reactive ketones (excluding diaryl/α,β-unsaturated/α-hetero) is 1. The maximum Gasteiger partial charge on any atom is 0.272 e. The highest BCUT2D eigenvalue weighted by molar-refractivity contribution is 5.80. The van der Waals surface area contributed by atoms with E-state index < -0.39 is 11.0 Å². The number of rotatable bonds is 3. The van der Waals surface area contributed by atoms with Crippen molar-refractivity contribution in [1.29, 1.82) is 0 Å². The Hall–Kier alpha value is -0.930. The average Bonchev–Trinajstić information content (AvgIpc) is 2.04. The molecule has 0 aromatic rings. The molecule has 1 fully saturated rings. The maximum atomic E-state index is 11.0. The Labute approximate surface area is 77.5 Å². The molecule has 0 aromatic carbocycles. The van der Waals surface area contributed by atoms with E-state index in [-0.39, 0.29) is 11.7 Å². The maximum absolute atomic E-state index is 11.0. The zero-order valence-corrected chi connectivity index (χ0v) is 7.86. The van der Waals surface area contributed by atoms with E-state index in [1.54, 1.807) is 0 Å². The smallest absolute Gasteiger partial charge is 0.272 e. The van der Waals surface area contributed by atoms with E-state index in [9.17, 15) is 14.9 Å². The van der Waals surface area contributed by atoms with Gasteiger partial charge in [0.2, 0.25) is 5.78 Å². The number of carbonyl (C=O) groups is 1. The van der Waals surface area contributed by atoms with Crippen molar-refractivity contribution in [2.45, 2.75) is 45.1 Å². The molecule has 0 bridgehead atoms. The lowest BCUT2D eigenvalue weighted by molar-refractivity contribution is -0.517. The molecule has 0 N–H and O–H groups in total. The summed E-state index contributed by atoms with van der Waals surface area (Å²) < 4.78 is 0. The van der Waals surface area contributed by atoms with Gasteiger partial charge in [0, 0.05) is 17.8 Å². The fourth-order valence-corrected chi connectivity index (χ4v) is 2.10. The Bertz CT molecular complexity index is 195. The van der Waals surface area contributed by atoms with Crippen LogP contribution in [0.5, 0.6) is 0 Å². The Balaban J connectivity index is 2.62. The van der Waals surface area contributed by atoms with E-state index in [0.29, 0.717) is 0 Å². The first-order valence-electron chi connectivity index (χ1n) is 4.77. The van der Waals surface area contributed by atoms with Gasteiger partial charge in [0.15, 0.2) is 0 Å². The molecular weight excluding hydrogens is 170 g/mol. The van der Waals surface area contributed by atoms with Crippen molar-refractivity contribution in [3.8, 4) is 0 Å². The summed E-state index contributed by atoms with van der Waals surface area (Å²) in [6, 6.07) is -0.944. The van der Waals surface area contributed by atoms with Gasteiger partial charge in [0.25, 0.3) is 6.04 Å². The summed E-state index contributed by atoms with van der Waals surface area (Å²) >= 11 is 0. The normalized spacial score (nSPS) is 21.0. The quantitative estimate of drug-likeness (QED) is 0.497. The van der Waals surface area contributed by atoms with Crippen LogP contribution < -0.4 is 0 Å². The van der Waals surface area contributed by atoms with Crippen molar-refractivity contribution in [2.75, 3.05) is 0 Å². The highest BCUT2D eigenvalue weighted by atomic mass is 16.6. The molecule has 0 saturated heterocycles. The van der Waals surface area contributed by atoms with E-state index in [4.69, 9.17) is 0 Å². The lowest BCUT2D eigenvalue weighted by Crippen LogP contribution is -2.36. The van der Waals surface area contributed by atoms with Crippen molar-refractivity contribution in [2.24, 2.45) is 5.92 Å². The van der Waals surface area contributed by atoms with Crippen molar-refractivity contribution in [3.05, 3.63) is 10.1 Å². The minimum absolute atomic E-state index is 0.0127. The molecule has 0 aromatic heterocycles. The number of ketones is 1. The molecule has 4 heteroatoms. The van der Waals surface area contributed by atoms with Gasteiger partial charge in [-0.25, -0.2) is 0 Å². The van der Waals surface area contributed by atoms with Crippen molar-refractivity contribution in [1.82, 2.24) is 0 Å². The lowest BCUT2D eigenvalue weighted by atomic mass is 9.83. The molecule has 74 valence electrons. The molecule has 1 aliphatic rings. The van der Waals surface area contributed by atoms with Gasteiger partial charge in [-0.05, 0) is 12.8 Å². The Morgan fingerprint density at radius 1 is 1.38 bits per heavy atom. The summed E-state index contributed by atoms with van der Waals surface area (Å²) in [5.74, 6) is -0.307. The van der Waals surface area contributed by atoms with Crippen LogP contribution in [0, 0.1) is 16.0 Å². The molecule has 0 radical (unpaired) electrons. The second-order valence-corrected chi connectivity index (χ2v) is 3.74. The van der Waals surface area contributed by atoms with Crippen molar-refractivity contribution in [3.63, 3.8) is 0 Å². The van der Waals surface area contributed by atoms with Crippen LogP contribution >= 0.6 is 0 Å². The lowest BCUT2D eigenvalue weighted by Gasteiger charge is -2.22. The summed E-state index contributed by atoms with van der Waals surface area (Å²) in [7, 11) is 0. The average molecular weight is 185 g/mol. The molecule has 1 rings (SSSR count). The molecule has 1 saturated carbocycles. The summed E-state index contributed by atoms with van der Waals surface area (Å²) in [6.07, 6.45) is 4.89. The molecule has 1 atom stereocenters. The summed E-state index contributed by atoms with van der Waals surface area (Å²) in [4.78, 5) is 21.2. The van der Waals surface area contributed by atoms with Gasteiger partial charge in [0.1, 0.15) is 0 Å². The molecule has 0 aliphatic heterocycles. The Kier molecular flexibility index (Phi) is 3.39. The fourth-order valence-electron chi connectivity index (χ4n) is 2.10. The summed E-state index contributed by atoms with van der Waals surface area (Å²) in [5.41, 5.74) is 0. The first-order valence-corrected chi connectivity index (χ1v) is 4.77. The Morgan fingerprint density at radius 2 is 1.92 bits per heavy atom. The molecular formula is C9H15NO3. The third-order valence-electron chi connectivity index (χ3n) is 2.74. The fraction of sp³-hybridized carbons (Fsp3) is 0.889. The van der Waals surface area contributed by atoms with Crippen molar-refractivity contribution < 1.29 is 9.72 Å². The Morgan fingerprint density at radius 3 is 2.31 bits per heavy atom. The number of hydrogen-bond acceptors (Lipinski definition) is 3. The highest BCUT2D eigenvalue weighted by Crippen LogP contribution is 2.27. The predicted molar refractivity (Wildman–Crippen MR) is 48.0 cm³/mol. The molecule has 1 aliphatic carbocycles. The van der Waals surface area contributed by atoms with Crippen LogP contribution in [0.4, 0.5) is 0 Å². The summed E-state index contributed by atoms with van der Waals surface area (Å²) in [5, 5.41) is 10.6. The standard InChI is InChI=1S/C9H15NO3/c1-7(11)9(10(12)13)8-5-3-2-4-6-8/h8-9H,2-6H2,1H3. The van der Waals surface area contributed by atoms with E-state index in [0.717, 1.165) is 32.1 Å². The van der Waals surface area contributed by atoms with Crippen LogP contribution in [0.2, 0.25) is 0 Å². The molecule has 1 unspecified atom stereocenters. The highest BCUT2D eigenvalue weighted by Gasteiger charge is 2.36. The van der Waals surface area contributed by atoms with Crippen molar-refractivity contribution >= 4 is 5.78 Å². The first kappa shape index (κ1) is 10.2. The number of nitrogens with zero attached hydrogens (tertiary/aromatic N) is 1. The number of nitro groups is 1. The molecule has 0 heterocycles. The monoisotopic (exact) mass is 185 g/mol. The van der Waals surface area contributed by atoms with Gasteiger partial charge in [-0.1, -0.05) is 19.3 Å². The van der Waals surface area contributed by atoms with Gasteiger partial charge in [-0.15, -0.1) is 0 Å². The van der Waals surface area contributed by atoms with Gasteiger partial charge >= 0.3 is 0 Å². The second kappa shape index (κ2) is 4.35. The third kappa shape index (κ3) is 2.50. The van der Waals surface area contributed by atoms with E-state index in [1.165, 1.54) is 6.92 Å². The minimum Gasteiger partial charge on any atom is -0.292 e. The third-order valence-corrected chi connectivity index (χ3v) is 2.74. The van der Waals surface area contributed by atoms with Gasteiger partial charge in [-0.3, -0.25) is 14.9 Å². The van der Waals surface area contributed by atoms with E-state index in [2.05, 4.69) is 0 Å². The van der Waals surface area contributed by atoms with Gasteiger partial charge in [0.05, 0.1) is 0 Å². The van der Waals surface area contributed by atoms with E-state index >= 15 is 0 Å². The zero-order chi connectivity index (χ0) is 9.84. The van der Waals surface area contributed by atoms with Crippen LogP contribution in [0.1, 0.15) is 39.0 Å². The van der Waals surface area contributed by atoms with Crippen LogP contribution in [-0.2, 0) is 4.79 Å². The van der Waals surface area contributed by atoms with Crippen LogP contribution in [0.3, 0.4) is 0 Å². The van der Waals surface area contributed by atoms with Gasteiger partial charge in [-0.2, -0.15) is 0 Å². The van der Waals surface area contributed by atoms with Crippen LogP contribution in [0.25, 0.3) is 0 Å². The number of carbonyl (C=O) groups excluding carboxylic acids is 1. The molecule has 0 spiro atoms. The second-order valence-electron chi connectivity index (χ2n) is 3.74. The molecule has 13 heavy (non-hydrogen) atoms. The molecule has 4 nitrogen and oxygen atoms in total. The largest absolute Gasteiger partial charge is 0.292 e. The topological polar surface area (TPSA) is 60.2 Å². The first-order chi connectivity index (χ1) is 6.13. The van der Waals surface area contributed by atoms with Crippen LogP contribution in [0.15, 0.2) is 0 Å². The summed E-state index contributed by atoms with van der Waals surface area (Å²) in [6.45, 7) is 1.32. The zero-order valence-electron chi connectivity index (χ0n) is 7.86. The predicted octanol–water partition coefficient (Wildman–Crippen LogP) is 1.80.